The van der Waals surface area contributed by atoms with Gasteiger partial charge in [0.2, 0.25) is 5.91 Å². The van der Waals surface area contributed by atoms with Crippen LogP contribution in [0.2, 0.25) is 5.02 Å². The average molecular weight is 494 g/mol. The largest absolute Gasteiger partial charge is 0.348 e. The lowest BCUT2D eigenvalue weighted by atomic mass is 9.71. The fraction of sp³-hybridized carbons (Fsp3) is 0.478. The van der Waals surface area contributed by atoms with E-state index < -0.39 is 28.9 Å². The van der Waals surface area contributed by atoms with Gasteiger partial charge in [0.05, 0.1) is 22.5 Å². The number of carbonyl (C=O) groups is 3. The quantitative estimate of drug-likeness (QED) is 0.553. The van der Waals surface area contributed by atoms with E-state index in [1.165, 1.54) is 11.2 Å². The first-order valence-electron chi connectivity index (χ1n) is 11.2. The molecule has 11 heteroatoms. The summed E-state index contributed by atoms with van der Waals surface area (Å²) >= 11 is 6.08. The second kappa shape index (κ2) is 9.32. The third kappa shape index (κ3) is 4.51. The van der Waals surface area contributed by atoms with E-state index in [1.54, 1.807) is 0 Å². The van der Waals surface area contributed by atoms with E-state index in [1.807, 2.05) is 13.8 Å². The molecule has 3 N–H and O–H groups in total. The molecule has 0 unspecified atom stereocenters. The molecule has 1 aromatic heterocycles. The van der Waals surface area contributed by atoms with Crippen molar-refractivity contribution < 1.29 is 23.2 Å². The number of hydrogen-bond acceptors (Lipinski definition) is 4. The van der Waals surface area contributed by atoms with Gasteiger partial charge >= 0.3 is 0 Å². The summed E-state index contributed by atoms with van der Waals surface area (Å²) in [4.78, 5) is 46.4. The number of amides is 3. The van der Waals surface area contributed by atoms with Crippen LogP contribution in [0.15, 0.2) is 18.5 Å². The summed E-state index contributed by atoms with van der Waals surface area (Å²) in [5.41, 5.74) is -0.325. The summed E-state index contributed by atoms with van der Waals surface area (Å²) in [5, 5.41) is 5.63. The molecule has 0 atom stereocenters. The zero-order chi connectivity index (χ0) is 24.6. The fourth-order valence-electron chi connectivity index (χ4n) is 4.78. The lowest BCUT2D eigenvalue weighted by molar-refractivity contribution is -0.127. The molecule has 1 aromatic carbocycles. The van der Waals surface area contributed by atoms with Crippen LogP contribution in [0.4, 0.5) is 14.5 Å². The van der Waals surface area contributed by atoms with Crippen LogP contribution in [0.5, 0.6) is 0 Å². The van der Waals surface area contributed by atoms with E-state index >= 15 is 0 Å². The Morgan fingerprint density at radius 2 is 1.85 bits per heavy atom. The first-order chi connectivity index (χ1) is 16.1. The molecule has 4 rings (SSSR count). The molecule has 1 spiro atoms. The van der Waals surface area contributed by atoms with Crippen molar-refractivity contribution in [2.75, 3.05) is 11.4 Å². The Balaban J connectivity index is 1.39. The first-order valence-corrected chi connectivity index (χ1v) is 11.6. The zero-order valence-electron chi connectivity index (χ0n) is 18.9. The summed E-state index contributed by atoms with van der Waals surface area (Å²) < 4.78 is 27.2. The normalized spacial score (nSPS) is 22.5. The molecule has 2 aliphatic rings. The summed E-state index contributed by atoms with van der Waals surface area (Å²) in [6.45, 7) is 3.99. The van der Waals surface area contributed by atoms with Crippen molar-refractivity contribution in [2.24, 2.45) is 5.41 Å². The Morgan fingerprint density at radius 1 is 1.18 bits per heavy atom. The van der Waals surface area contributed by atoms with Crippen LogP contribution in [0.3, 0.4) is 0 Å². The molecule has 34 heavy (non-hydrogen) atoms. The summed E-state index contributed by atoms with van der Waals surface area (Å²) in [6, 6.07) is 1.57. The molecule has 1 aliphatic carbocycles. The van der Waals surface area contributed by atoms with Gasteiger partial charge in [0.1, 0.15) is 5.69 Å². The van der Waals surface area contributed by atoms with Crippen molar-refractivity contribution in [1.82, 2.24) is 20.6 Å². The Hall–Kier alpha value is -3.01. The number of anilines is 1. The van der Waals surface area contributed by atoms with Crippen LogP contribution < -0.4 is 15.5 Å². The minimum Gasteiger partial charge on any atom is -0.348 e. The average Bonchev–Trinajstić information content (AvgIpc) is 3.38. The maximum atomic E-state index is 13.8. The van der Waals surface area contributed by atoms with Crippen molar-refractivity contribution in [3.8, 4) is 0 Å². The van der Waals surface area contributed by atoms with Crippen LogP contribution in [0.25, 0.3) is 0 Å². The summed E-state index contributed by atoms with van der Waals surface area (Å²) in [5.74, 6) is -3.14. The maximum Gasteiger partial charge on any atom is 0.272 e. The Kier molecular flexibility index (Phi) is 6.62. The van der Waals surface area contributed by atoms with E-state index in [-0.39, 0.29) is 40.1 Å². The first kappa shape index (κ1) is 24.1. The molecule has 0 radical (unpaired) electrons. The van der Waals surface area contributed by atoms with E-state index in [4.69, 9.17) is 11.6 Å². The molecule has 2 aromatic rings. The highest BCUT2D eigenvalue weighted by atomic mass is 35.5. The van der Waals surface area contributed by atoms with Gasteiger partial charge in [0, 0.05) is 24.7 Å². The molecular formula is C23H26ClF2N5O3. The van der Waals surface area contributed by atoms with Gasteiger partial charge in [0.25, 0.3) is 11.8 Å². The van der Waals surface area contributed by atoms with E-state index in [2.05, 4.69) is 20.6 Å². The number of benzene rings is 1. The molecule has 2 fully saturated rings. The number of halogens is 3. The van der Waals surface area contributed by atoms with Crippen LogP contribution >= 0.6 is 11.6 Å². The van der Waals surface area contributed by atoms with Crippen molar-refractivity contribution >= 4 is 35.0 Å². The van der Waals surface area contributed by atoms with Crippen molar-refractivity contribution in [1.29, 1.82) is 0 Å². The summed E-state index contributed by atoms with van der Waals surface area (Å²) in [7, 11) is 0. The van der Waals surface area contributed by atoms with Gasteiger partial charge in [-0.2, -0.15) is 0 Å². The monoisotopic (exact) mass is 493 g/mol. The van der Waals surface area contributed by atoms with Crippen molar-refractivity contribution in [3.05, 3.63) is 46.5 Å². The smallest absolute Gasteiger partial charge is 0.272 e. The SMILES string of the molecule is CC(C)NC(=O)c1nc[nH]c1C(=O)NC1CCC2(CC1)CCN(c1cc(F)c(F)cc1Cl)C2=O. The predicted octanol–water partition coefficient (Wildman–Crippen LogP) is 3.58. The van der Waals surface area contributed by atoms with Gasteiger partial charge in [0.15, 0.2) is 17.3 Å². The number of aromatic nitrogens is 2. The number of nitrogens with one attached hydrogen (secondary N) is 3. The van der Waals surface area contributed by atoms with Gasteiger partial charge in [-0.1, -0.05) is 11.6 Å². The highest BCUT2D eigenvalue weighted by Gasteiger charge is 2.49. The van der Waals surface area contributed by atoms with Crippen LogP contribution in [0, 0.1) is 17.0 Å². The summed E-state index contributed by atoms with van der Waals surface area (Å²) in [6.07, 6.45) is 4.09. The lowest BCUT2D eigenvalue weighted by Crippen LogP contribution is -2.44. The third-order valence-corrected chi connectivity index (χ3v) is 6.88. The minimum absolute atomic E-state index is 0.0119. The topological polar surface area (TPSA) is 107 Å². The second-order valence-electron chi connectivity index (χ2n) is 9.21. The Morgan fingerprint density at radius 3 is 2.53 bits per heavy atom. The third-order valence-electron chi connectivity index (χ3n) is 6.57. The number of imidazole rings is 1. The van der Waals surface area contributed by atoms with E-state index in [0.29, 0.717) is 38.6 Å². The zero-order valence-corrected chi connectivity index (χ0v) is 19.6. The molecular weight excluding hydrogens is 468 g/mol. The molecule has 1 saturated carbocycles. The molecule has 2 heterocycles. The van der Waals surface area contributed by atoms with Gasteiger partial charge in [-0.15, -0.1) is 0 Å². The minimum atomic E-state index is -1.06. The Labute approximate surface area is 200 Å². The molecule has 8 nitrogen and oxygen atoms in total. The number of hydrogen-bond donors (Lipinski definition) is 3. The lowest BCUT2D eigenvalue weighted by Gasteiger charge is -2.36. The maximum absolute atomic E-state index is 13.8. The van der Waals surface area contributed by atoms with Crippen molar-refractivity contribution in [2.45, 2.75) is 58.0 Å². The van der Waals surface area contributed by atoms with Crippen LogP contribution in [-0.2, 0) is 4.79 Å². The molecule has 3 amide bonds. The highest BCUT2D eigenvalue weighted by Crippen LogP contribution is 2.47. The molecule has 1 saturated heterocycles. The van der Waals surface area contributed by atoms with Crippen molar-refractivity contribution in [3.63, 3.8) is 0 Å². The highest BCUT2D eigenvalue weighted by molar-refractivity contribution is 6.34. The van der Waals surface area contributed by atoms with Crippen LogP contribution in [-0.4, -0.2) is 46.3 Å². The van der Waals surface area contributed by atoms with E-state index in [9.17, 15) is 23.2 Å². The predicted molar refractivity (Wildman–Crippen MR) is 122 cm³/mol. The second-order valence-corrected chi connectivity index (χ2v) is 9.61. The number of nitrogens with zero attached hydrogens (tertiary/aromatic N) is 2. The van der Waals surface area contributed by atoms with E-state index in [0.717, 1.165) is 12.1 Å². The number of rotatable bonds is 5. The van der Waals surface area contributed by atoms with Crippen LogP contribution in [0.1, 0.15) is 66.9 Å². The van der Waals surface area contributed by atoms with Gasteiger partial charge in [-0.25, -0.2) is 13.8 Å². The number of H-pyrrole nitrogens is 1. The molecule has 182 valence electrons. The standard InChI is InChI=1S/C23H26ClF2N5O3/c1-12(2)29-20(32)18-19(28-11-27-18)21(33)30-13-3-5-23(6-4-13)7-8-31(22(23)34)17-10-16(26)15(25)9-14(17)24/h9-13H,3-8H2,1-2H3,(H,27,28)(H,29,32)(H,30,33). The fourth-order valence-corrected chi connectivity index (χ4v) is 5.03. The number of aromatic amines is 1. The number of carbonyl (C=O) groups excluding carboxylic acids is 3. The molecule has 0 bridgehead atoms. The molecule has 1 aliphatic heterocycles. The van der Waals surface area contributed by atoms with Gasteiger partial charge < -0.3 is 20.5 Å². The van der Waals surface area contributed by atoms with Gasteiger partial charge in [-0.05, 0) is 52.0 Å². The Bertz CT molecular complexity index is 1130. The van der Waals surface area contributed by atoms with Gasteiger partial charge in [-0.3, -0.25) is 14.4 Å².